The third-order valence-electron chi connectivity index (χ3n) is 7.36. The maximum atomic E-state index is 12.0. The van der Waals surface area contributed by atoms with Crippen LogP contribution in [0.1, 0.15) is 194 Å². The van der Waals surface area contributed by atoms with Crippen LogP contribution in [0, 0.1) is 0 Å². The molecule has 0 aliphatic carbocycles. The van der Waals surface area contributed by atoms with Crippen LogP contribution in [0.4, 0.5) is 0 Å². The zero-order valence-electron chi connectivity index (χ0n) is 24.3. The number of esters is 1. The first-order valence-electron chi connectivity index (χ1n) is 16.2. The van der Waals surface area contributed by atoms with Crippen molar-refractivity contribution in [1.29, 1.82) is 0 Å². The summed E-state index contributed by atoms with van der Waals surface area (Å²) in [5, 5.41) is 0. The van der Waals surface area contributed by atoms with E-state index in [1.54, 1.807) is 0 Å². The van der Waals surface area contributed by atoms with Gasteiger partial charge < -0.3 is 4.74 Å². The summed E-state index contributed by atoms with van der Waals surface area (Å²) in [6.07, 6.45) is 35.7. The fraction of sp³-hybridized carbons (Fsp3) is 0.969. The number of carbonyl (C=O) groups is 1. The Morgan fingerprint density at radius 3 is 1.11 bits per heavy atom. The number of hydrogen-bond donors (Lipinski definition) is 1. The topological polar surface area (TPSA) is 52.3 Å². The molecule has 0 spiro atoms. The maximum Gasteiger partial charge on any atom is 0.307 e. The summed E-state index contributed by atoms with van der Waals surface area (Å²) >= 11 is 0. The highest BCUT2D eigenvalue weighted by Gasteiger charge is 2.09. The van der Waals surface area contributed by atoms with Crippen LogP contribution in [0.25, 0.3) is 0 Å². The highest BCUT2D eigenvalue weighted by molar-refractivity contribution is 5.69. The van der Waals surface area contributed by atoms with E-state index in [4.69, 9.17) is 10.5 Å². The van der Waals surface area contributed by atoms with E-state index in [1.807, 2.05) is 0 Å². The molecule has 1 unspecified atom stereocenters. The van der Waals surface area contributed by atoms with Crippen LogP contribution in [0.5, 0.6) is 0 Å². The average Bonchev–Trinajstić information content (AvgIpc) is 2.85. The molecule has 0 bridgehead atoms. The standard InChI is InChI=1S/C32H65NO2/c1-3-5-7-9-11-13-15-16-17-18-20-22-24-26-28-30-32(34)35-31(33)29-27-25-23-21-19-14-12-10-8-6-4-2/h31H,3-30,33H2,1-2H3. The zero-order chi connectivity index (χ0) is 25.7. The molecule has 0 aromatic heterocycles. The van der Waals surface area contributed by atoms with Gasteiger partial charge in [-0.15, -0.1) is 0 Å². The summed E-state index contributed by atoms with van der Waals surface area (Å²) in [4.78, 5) is 12.0. The van der Waals surface area contributed by atoms with Gasteiger partial charge in [0.25, 0.3) is 0 Å². The number of rotatable bonds is 29. The molecule has 0 radical (unpaired) electrons. The van der Waals surface area contributed by atoms with Gasteiger partial charge in [0.15, 0.2) is 6.23 Å². The van der Waals surface area contributed by atoms with Crippen LogP contribution in [0.15, 0.2) is 0 Å². The van der Waals surface area contributed by atoms with Crippen molar-refractivity contribution in [3.05, 3.63) is 0 Å². The van der Waals surface area contributed by atoms with Crippen LogP contribution in [0.2, 0.25) is 0 Å². The van der Waals surface area contributed by atoms with E-state index in [0.717, 1.165) is 25.7 Å². The average molecular weight is 496 g/mol. The molecule has 3 nitrogen and oxygen atoms in total. The van der Waals surface area contributed by atoms with Gasteiger partial charge in [-0.05, 0) is 19.3 Å². The van der Waals surface area contributed by atoms with Gasteiger partial charge in [0.05, 0.1) is 0 Å². The SMILES string of the molecule is CCCCCCCCCCCCCCCCCC(=O)OC(N)CCCCCCCCCCCCC. The van der Waals surface area contributed by atoms with E-state index >= 15 is 0 Å². The highest BCUT2D eigenvalue weighted by Crippen LogP contribution is 2.15. The Kier molecular flexibility index (Phi) is 29.2. The summed E-state index contributed by atoms with van der Waals surface area (Å²) in [7, 11) is 0. The molecule has 0 fully saturated rings. The molecule has 0 saturated carbocycles. The van der Waals surface area contributed by atoms with Crippen LogP contribution >= 0.6 is 0 Å². The molecular formula is C32H65NO2. The van der Waals surface area contributed by atoms with Crippen molar-refractivity contribution in [2.75, 3.05) is 0 Å². The lowest BCUT2D eigenvalue weighted by Crippen LogP contribution is -2.26. The second-order valence-electron chi connectivity index (χ2n) is 11.1. The molecule has 0 aromatic carbocycles. The Morgan fingerprint density at radius 2 is 0.771 bits per heavy atom. The molecule has 3 heteroatoms. The lowest BCUT2D eigenvalue weighted by atomic mass is 10.0. The van der Waals surface area contributed by atoms with E-state index in [0.29, 0.717) is 6.42 Å². The Hall–Kier alpha value is -0.570. The smallest absolute Gasteiger partial charge is 0.307 e. The minimum absolute atomic E-state index is 0.102. The van der Waals surface area contributed by atoms with Gasteiger partial charge in [-0.2, -0.15) is 0 Å². The van der Waals surface area contributed by atoms with E-state index in [-0.39, 0.29) is 5.97 Å². The Balaban J connectivity index is 3.27. The van der Waals surface area contributed by atoms with Crippen molar-refractivity contribution >= 4 is 5.97 Å². The quantitative estimate of drug-likeness (QED) is 0.0637. The summed E-state index contributed by atoms with van der Waals surface area (Å²) in [5.74, 6) is -0.102. The predicted molar refractivity (Wildman–Crippen MR) is 155 cm³/mol. The van der Waals surface area contributed by atoms with Gasteiger partial charge in [-0.1, -0.05) is 168 Å². The monoisotopic (exact) mass is 496 g/mol. The van der Waals surface area contributed by atoms with E-state index in [9.17, 15) is 4.79 Å². The first-order valence-corrected chi connectivity index (χ1v) is 16.2. The Morgan fingerprint density at radius 1 is 0.486 bits per heavy atom. The van der Waals surface area contributed by atoms with E-state index in [1.165, 1.54) is 148 Å². The number of unbranched alkanes of at least 4 members (excludes halogenated alkanes) is 24. The normalized spacial score (nSPS) is 12.2. The lowest BCUT2D eigenvalue weighted by molar-refractivity contribution is -0.149. The van der Waals surface area contributed by atoms with Gasteiger partial charge in [0.2, 0.25) is 0 Å². The number of hydrogen-bond acceptors (Lipinski definition) is 3. The minimum Gasteiger partial charge on any atom is -0.447 e. The molecule has 0 aliphatic heterocycles. The largest absolute Gasteiger partial charge is 0.447 e. The molecule has 210 valence electrons. The third-order valence-corrected chi connectivity index (χ3v) is 7.36. The summed E-state index contributed by atoms with van der Waals surface area (Å²) in [6, 6.07) is 0. The van der Waals surface area contributed by atoms with Gasteiger partial charge in [0, 0.05) is 6.42 Å². The molecule has 1 atom stereocenters. The molecule has 0 rings (SSSR count). The maximum absolute atomic E-state index is 12.0. The molecule has 0 aliphatic rings. The molecule has 2 N–H and O–H groups in total. The fourth-order valence-corrected chi connectivity index (χ4v) is 4.94. The minimum atomic E-state index is -0.405. The first kappa shape index (κ1) is 34.4. The van der Waals surface area contributed by atoms with Crippen LogP contribution in [-0.4, -0.2) is 12.2 Å². The molecule has 35 heavy (non-hydrogen) atoms. The van der Waals surface area contributed by atoms with Crippen molar-refractivity contribution in [2.45, 2.75) is 200 Å². The van der Waals surface area contributed by atoms with Gasteiger partial charge in [-0.25, -0.2) is 0 Å². The molecule has 0 saturated heterocycles. The highest BCUT2D eigenvalue weighted by atomic mass is 16.6. The molecule has 0 amide bonds. The molecule has 0 heterocycles. The molecule has 0 aromatic rings. The van der Waals surface area contributed by atoms with E-state index in [2.05, 4.69) is 13.8 Å². The van der Waals surface area contributed by atoms with Crippen LogP contribution in [0.3, 0.4) is 0 Å². The third kappa shape index (κ3) is 29.5. The van der Waals surface area contributed by atoms with E-state index < -0.39 is 6.23 Å². The van der Waals surface area contributed by atoms with Crippen LogP contribution < -0.4 is 5.73 Å². The predicted octanol–water partition coefficient (Wildman–Crippen LogP) is 10.8. The van der Waals surface area contributed by atoms with Crippen molar-refractivity contribution in [2.24, 2.45) is 5.73 Å². The lowest BCUT2D eigenvalue weighted by Gasteiger charge is -2.13. The molecular weight excluding hydrogens is 430 g/mol. The Bertz CT molecular complexity index is 412. The van der Waals surface area contributed by atoms with Gasteiger partial charge in [-0.3, -0.25) is 10.5 Å². The summed E-state index contributed by atoms with van der Waals surface area (Å²) < 4.78 is 5.40. The number of nitrogens with two attached hydrogens (primary N) is 1. The van der Waals surface area contributed by atoms with Gasteiger partial charge in [0.1, 0.15) is 0 Å². The van der Waals surface area contributed by atoms with Crippen molar-refractivity contribution in [3.63, 3.8) is 0 Å². The summed E-state index contributed by atoms with van der Waals surface area (Å²) in [6.45, 7) is 4.56. The second-order valence-corrected chi connectivity index (χ2v) is 11.1. The number of ether oxygens (including phenoxy) is 1. The van der Waals surface area contributed by atoms with Gasteiger partial charge >= 0.3 is 5.97 Å². The number of carbonyl (C=O) groups excluding carboxylic acids is 1. The van der Waals surface area contributed by atoms with Crippen molar-refractivity contribution in [3.8, 4) is 0 Å². The second kappa shape index (κ2) is 29.7. The van der Waals surface area contributed by atoms with Crippen LogP contribution in [-0.2, 0) is 9.53 Å². The van der Waals surface area contributed by atoms with Crippen molar-refractivity contribution in [1.82, 2.24) is 0 Å². The summed E-state index contributed by atoms with van der Waals surface area (Å²) in [5.41, 5.74) is 6.01. The van der Waals surface area contributed by atoms with Crippen molar-refractivity contribution < 1.29 is 9.53 Å². The fourth-order valence-electron chi connectivity index (χ4n) is 4.94. The first-order chi connectivity index (χ1) is 17.2. The Labute approximate surface area is 221 Å². The zero-order valence-corrected chi connectivity index (χ0v) is 24.3.